The Morgan fingerprint density at radius 2 is 2.36 bits per heavy atom. The molecule has 0 aromatic carbocycles. The van der Waals surface area contributed by atoms with Gasteiger partial charge in [0.2, 0.25) is 0 Å². The third-order valence-corrected chi connectivity index (χ3v) is 2.19. The van der Waals surface area contributed by atoms with Gasteiger partial charge < -0.3 is 0 Å². The van der Waals surface area contributed by atoms with Crippen molar-refractivity contribution in [1.29, 1.82) is 0 Å². The van der Waals surface area contributed by atoms with Crippen LogP contribution in [0.4, 0.5) is 0 Å². The highest BCUT2D eigenvalue weighted by molar-refractivity contribution is 5.96. The maximum atomic E-state index is 11.6. The molecule has 0 spiro atoms. The van der Waals surface area contributed by atoms with E-state index in [1.54, 1.807) is 17.8 Å². The van der Waals surface area contributed by atoms with Gasteiger partial charge in [-0.3, -0.25) is 9.48 Å². The van der Waals surface area contributed by atoms with E-state index < -0.39 is 0 Å². The van der Waals surface area contributed by atoms with Crippen LogP contribution in [-0.4, -0.2) is 15.6 Å². The summed E-state index contributed by atoms with van der Waals surface area (Å²) < 4.78 is 1.71. The minimum absolute atomic E-state index is 0.123. The van der Waals surface area contributed by atoms with Crippen LogP contribution >= 0.6 is 0 Å². The topological polar surface area (TPSA) is 34.9 Å². The summed E-state index contributed by atoms with van der Waals surface area (Å²) in [6.07, 6.45) is 2.73. The van der Waals surface area contributed by atoms with Gasteiger partial charge in [-0.05, 0) is 13.8 Å². The Morgan fingerprint density at radius 1 is 1.64 bits per heavy atom. The molecule has 0 aliphatic rings. The van der Waals surface area contributed by atoms with Crippen molar-refractivity contribution in [2.75, 3.05) is 0 Å². The fraction of sp³-hybridized carbons (Fsp3) is 0.455. The van der Waals surface area contributed by atoms with E-state index in [2.05, 4.69) is 16.9 Å². The number of aryl methyl sites for hydroxylation is 1. The largest absolute Gasteiger partial charge is 0.294 e. The maximum absolute atomic E-state index is 11.6. The van der Waals surface area contributed by atoms with Crippen molar-refractivity contribution in [3.05, 3.63) is 17.5 Å². The first kappa shape index (κ1) is 10.5. The van der Waals surface area contributed by atoms with E-state index in [0.717, 1.165) is 5.69 Å². The van der Waals surface area contributed by atoms with Crippen molar-refractivity contribution < 1.29 is 4.79 Å². The summed E-state index contributed by atoms with van der Waals surface area (Å²) in [6, 6.07) is 0. The number of aromatic nitrogens is 2. The van der Waals surface area contributed by atoms with Crippen molar-refractivity contribution in [3.8, 4) is 11.8 Å². The molecule has 0 aliphatic carbocycles. The molecule has 0 unspecified atom stereocenters. The summed E-state index contributed by atoms with van der Waals surface area (Å²) in [5, 5.41) is 4.03. The molecule has 0 saturated heterocycles. The molecule has 0 bridgehead atoms. The first-order valence-electron chi connectivity index (χ1n) is 4.58. The zero-order chi connectivity index (χ0) is 10.6. The number of Topliss-reactive ketones (excluding diaryl/α,β-unsaturated/α-hetero) is 1. The zero-order valence-corrected chi connectivity index (χ0v) is 8.79. The molecule has 0 amide bonds. The number of ketones is 1. The molecule has 3 nitrogen and oxygen atoms in total. The fourth-order valence-electron chi connectivity index (χ4n) is 1.21. The Bertz CT molecular complexity index is 393. The summed E-state index contributed by atoms with van der Waals surface area (Å²) in [5.41, 5.74) is 1.63. The molecule has 0 radical (unpaired) electrons. The summed E-state index contributed by atoms with van der Waals surface area (Å²) in [7, 11) is 1.83. The van der Waals surface area contributed by atoms with Gasteiger partial charge in [0.15, 0.2) is 5.78 Å². The highest BCUT2D eigenvalue weighted by Gasteiger charge is 2.11. The molecule has 3 heteroatoms. The lowest BCUT2D eigenvalue weighted by Crippen LogP contribution is -2.01. The predicted molar refractivity (Wildman–Crippen MR) is 55.0 cm³/mol. The first-order valence-corrected chi connectivity index (χ1v) is 4.58. The number of nitrogens with zero attached hydrogens (tertiary/aromatic N) is 2. The van der Waals surface area contributed by atoms with Gasteiger partial charge in [0.1, 0.15) is 0 Å². The van der Waals surface area contributed by atoms with Crippen LogP contribution in [-0.2, 0) is 7.05 Å². The van der Waals surface area contributed by atoms with Crippen LogP contribution in [0.3, 0.4) is 0 Å². The van der Waals surface area contributed by atoms with Crippen LogP contribution in [0.15, 0.2) is 6.20 Å². The Labute approximate surface area is 84.1 Å². The minimum atomic E-state index is 0.123. The van der Waals surface area contributed by atoms with Gasteiger partial charge in [-0.1, -0.05) is 0 Å². The summed E-state index contributed by atoms with van der Waals surface area (Å²) in [6.45, 7) is 3.67. The molecule has 14 heavy (non-hydrogen) atoms. The van der Waals surface area contributed by atoms with Crippen LogP contribution in [0, 0.1) is 18.8 Å². The molecular formula is C11H14N2O. The second-order valence-corrected chi connectivity index (χ2v) is 3.12. The van der Waals surface area contributed by atoms with Crippen LogP contribution < -0.4 is 0 Å². The molecule has 1 aromatic heterocycles. The molecule has 0 aliphatic heterocycles. The molecular weight excluding hydrogens is 176 g/mol. The number of hydrogen-bond acceptors (Lipinski definition) is 2. The average Bonchev–Trinajstić information content (AvgIpc) is 2.48. The zero-order valence-electron chi connectivity index (χ0n) is 8.79. The Balaban J connectivity index is 2.68. The van der Waals surface area contributed by atoms with Gasteiger partial charge in [0.25, 0.3) is 0 Å². The molecule has 1 heterocycles. The van der Waals surface area contributed by atoms with Crippen molar-refractivity contribution >= 4 is 5.78 Å². The maximum Gasteiger partial charge on any atom is 0.167 e. The van der Waals surface area contributed by atoms with E-state index in [4.69, 9.17) is 0 Å². The van der Waals surface area contributed by atoms with E-state index >= 15 is 0 Å². The van der Waals surface area contributed by atoms with Crippen molar-refractivity contribution in [1.82, 2.24) is 9.78 Å². The van der Waals surface area contributed by atoms with Crippen LogP contribution in [0.5, 0.6) is 0 Å². The monoisotopic (exact) mass is 190 g/mol. The van der Waals surface area contributed by atoms with Crippen LogP contribution in [0.25, 0.3) is 0 Å². The van der Waals surface area contributed by atoms with Gasteiger partial charge in [0, 0.05) is 25.6 Å². The number of carbonyl (C=O) groups is 1. The number of rotatable bonds is 3. The fourth-order valence-corrected chi connectivity index (χ4v) is 1.21. The lowest BCUT2D eigenvalue weighted by molar-refractivity contribution is 0.0983. The molecule has 0 N–H and O–H groups in total. The van der Waals surface area contributed by atoms with Crippen LogP contribution in [0.2, 0.25) is 0 Å². The standard InChI is InChI=1S/C11H14N2O/c1-4-5-6-7-11(14)10-8-12-13(3)9(10)2/h8H,6-7H2,1-3H3. The first-order chi connectivity index (χ1) is 6.66. The Kier molecular flexibility index (Phi) is 3.47. The third-order valence-electron chi connectivity index (χ3n) is 2.19. The Hall–Kier alpha value is -1.56. The predicted octanol–water partition coefficient (Wildman–Crippen LogP) is 1.71. The third kappa shape index (κ3) is 2.23. The van der Waals surface area contributed by atoms with E-state index in [1.807, 2.05) is 14.0 Å². The highest BCUT2D eigenvalue weighted by Crippen LogP contribution is 2.09. The number of carbonyl (C=O) groups excluding carboxylic acids is 1. The molecule has 1 aromatic rings. The molecule has 0 atom stereocenters. The van der Waals surface area contributed by atoms with Crippen LogP contribution in [0.1, 0.15) is 35.8 Å². The lowest BCUT2D eigenvalue weighted by Gasteiger charge is -1.97. The Morgan fingerprint density at radius 3 is 2.86 bits per heavy atom. The summed E-state index contributed by atoms with van der Waals surface area (Å²) in [5.74, 6) is 5.77. The van der Waals surface area contributed by atoms with E-state index in [-0.39, 0.29) is 5.78 Å². The second-order valence-electron chi connectivity index (χ2n) is 3.12. The van der Waals surface area contributed by atoms with Gasteiger partial charge >= 0.3 is 0 Å². The summed E-state index contributed by atoms with van der Waals surface area (Å²) in [4.78, 5) is 11.6. The lowest BCUT2D eigenvalue weighted by atomic mass is 10.1. The van der Waals surface area contributed by atoms with E-state index in [0.29, 0.717) is 18.4 Å². The molecule has 0 saturated carbocycles. The van der Waals surface area contributed by atoms with Gasteiger partial charge in [-0.2, -0.15) is 5.10 Å². The van der Waals surface area contributed by atoms with Crippen molar-refractivity contribution in [2.45, 2.75) is 26.7 Å². The van der Waals surface area contributed by atoms with Gasteiger partial charge in [-0.25, -0.2) is 0 Å². The highest BCUT2D eigenvalue weighted by atomic mass is 16.1. The van der Waals surface area contributed by atoms with Crippen molar-refractivity contribution in [2.24, 2.45) is 7.05 Å². The average molecular weight is 190 g/mol. The van der Waals surface area contributed by atoms with E-state index in [9.17, 15) is 4.79 Å². The quantitative estimate of drug-likeness (QED) is 0.537. The van der Waals surface area contributed by atoms with E-state index in [1.165, 1.54) is 0 Å². The summed E-state index contributed by atoms with van der Waals surface area (Å²) >= 11 is 0. The normalized spacial score (nSPS) is 9.36. The van der Waals surface area contributed by atoms with Gasteiger partial charge in [0.05, 0.1) is 11.8 Å². The second kappa shape index (κ2) is 4.61. The number of hydrogen-bond donors (Lipinski definition) is 0. The van der Waals surface area contributed by atoms with Crippen molar-refractivity contribution in [3.63, 3.8) is 0 Å². The molecule has 74 valence electrons. The minimum Gasteiger partial charge on any atom is -0.294 e. The molecule has 1 rings (SSSR count). The smallest absolute Gasteiger partial charge is 0.167 e. The van der Waals surface area contributed by atoms with Gasteiger partial charge in [-0.15, -0.1) is 11.8 Å². The molecule has 0 fully saturated rings. The SMILES string of the molecule is CC#CCCC(=O)c1cnn(C)c1C.